The number of nitrogens with one attached hydrogen (secondary N) is 1. The van der Waals surface area contributed by atoms with E-state index < -0.39 is 0 Å². The van der Waals surface area contributed by atoms with Gasteiger partial charge in [0.25, 0.3) is 5.91 Å². The number of allylic oxidation sites excluding steroid dienone is 1. The van der Waals surface area contributed by atoms with Gasteiger partial charge in [0, 0.05) is 33.9 Å². The van der Waals surface area contributed by atoms with E-state index >= 15 is 0 Å². The topological polar surface area (TPSA) is 36.1 Å². The van der Waals surface area contributed by atoms with Gasteiger partial charge in [-0.05, 0) is 30.2 Å². The van der Waals surface area contributed by atoms with Crippen LogP contribution in [0, 0.1) is 0 Å². The van der Waals surface area contributed by atoms with Crippen LogP contribution in [0.5, 0.6) is 0 Å². The minimum atomic E-state index is -0.0152. The van der Waals surface area contributed by atoms with Crippen LogP contribution in [0.25, 0.3) is 16.5 Å². The summed E-state index contributed by atoms with van der Waals surface area (Å²) in [6, 6.07) is 16.2. The molecule has 0 fully saturated rings. The first-order chi connectivity index (χ1) is 10.8. The van der Waals surface area contributed by atoms with Gasteiger partial charge < -0.3 is 9.88 Å². The molecule has 3 aromatic rings. The first-order valence-corrected chi connectivity index (χ1v) is 7.46. The summed E-state index contributed by atoms with van der Waals surface area (Å²) in [5.41, 5.74) is 6.50. The average molecular weight is 286 g/mol. The summed E-state index contributed by atoms with van der Waals surface area (Å²) in [7, 11) is 0. The van der Waals surface area contributed by atoms with Gasteiger partial charge in [-0.2, -0.15) is 0 Å². The number of aromatic amines is 1. The zero-order chi connectivity index (χ0) is 14.8. The monoisotopic (exact) mass is 286 g/mol. The van der Waals surface area contributed by atoms with E-state index in [4.69, 9.17) is 0 Å². The Labute approximate surface area is 127 Å². The van der Waals surface area contributed by atoms with Crippen molar-refractivity contribution >= 4 is 22.4 Å². The Bertz CT molecular complexity index is 980. The highest BCUT2D eigenvalue weighted by Crippen LogP contribution is 2.47. The van der Waals surface area contributed by atoms with Gasteiger partial charge in [-0.1, -0.05) is 36.4 Å². The number of benzene rings is 2. The molecule has 1 atom stereocenters. The molecule has 2 aliphatic rings. The normalized spacial score (nSPS) is 19.0. The third-order valence-corrected chi connectivity index (χ3v) is 4.75. The molecular weight excluding hydrogens is 272 g/mol. The third-order valence-electron chi connectivity index (χ3n) is 4.75. The number of nitrogens with zero attached hydrogens (tertiary/aromatic N) is 1. The van der Waals surface area contributed by atoms with E-state index in [0.29, 0.717) is 0 Å². The predicted molar refractivity (Wildman–Crippen MR) is 86.4 cm³/mol. The minimum Gasteiger partial charge on any atom is -0.354 e. The fourth-order valence-electron chi connectivity index (χ4n) is 3.80. The Kier molecular flexibility index (Phi) is 2.09. The maximum absolute atomic E-state index is 12.7. The molecule has 0 aliphatic carbocycles. The van der Waals surface area contributed by atoms with Crippen LogP contribution in [0.3, 0.4) is 0 Å². The number of carbonyl (C=O) groups excluding carboxylic acids is 1. The number of H-pyrrole nitrogens is 1. The largest absolute Gasteiger partial charge is 0.354 e. The van der Waals surface area contributed by atoms with Crippen molar-refractivity contribution in [2.75, 3.05) is 0 Å². The summed E-state index contributed by atoms with van der Waals surface area (Å²) in [5, 5.41) is 1.20. The number of aromatic nitrogens is 1. The minimum absolute atomic E-state index is 0.0152. The fraction of sp³-hybridized carbons (Fsp3) is 0.105. The van der Waals surface area contributed by atoms with Crippen molar-refractivity contribution in [3.63, 3.8) is 0 Å². The van der Waals surface area contributed by atoms with Gasteiger partial charge in [0.05, 0.1) is 6.04 Å². The van der Waals surface area contributed by atoms with E-state index in [9.17, 15) is 4.79 Å². The van der Waals surface area contributed by atoms with Gasteiger partial charge in [-0.15, -0.1) is 0 Å². The fourth-order valence-corrected chi connectivity index (χ4v) is 3.80. The van der Waals surface area contributed by atoms with Gasteiger partial charge in [-0.3, -0.25) is 4.79 Å². The number of para-hydroxylation sites is 1. The average Bonchev–Trinajstić information content (AvgIpc) is 3.06. The molecule has 0 bridgehead atoms. The molecule has 3 heteroatoms. The van der Waals surface area contributed by atoms with Crippen molar-refractivity contribution in [1.82, 2.24) is 9.88 Å². The lowest BCUT2D eigenvalue weighted by atomic mass is 9.92. The molecule has 22 heavy (non-hydrogen) atoms. The van der Waals surface area contributed by atoms with Gasteiger partial charge in [0.2, 0.25) is 0 Å². The Balaban J connectivity index is 1.90. The molecule has 3 heterocycles. The van der Waals surface area contributed by atoms with Gasteiger partial charge >= 0.3 is 0 Å². The van der Waals surface area contributed by atoms with Crippen molar-refractivity contribution in [1.29, 1.82) is 0 Å². The molecular formula is C19H14N2O. The second-order valence-corrected chi connectivity index (χ2v) is 5.97. The summed E-state index contributed by atoms with van der Waals surface area (Å²) in [5.74, 6) is 0.0934. The highest BCUT2D eigenvalue weighted by molar-refractivity contribution is 6.04. The summed E-state index contributed by atoms with van der Waals surface area (Å²) >= 11 is 0. The molecule has 0 saturated heterocycles. The van der Waals surface area contributed by atoms with E-state index in [0.717, 1.165) is 27.9 Å². The SMILES string of the molecule is CC1=CN2C(=O)c3ccccc3C2c2c1[nH]c1ccccc21. The van der Waals surface area contributed by atoms with Crippen LogP contribution in [-0.4, -0.2) is 15.8 Å². The number of fused-ring (bicyclic) bond motifs is 7. The zero-order valence-electron chi connectivity index (χ0n) is 12.1. The smallest absolute Gasteiger partial charge is 0.259 e. The first-order valence-electron chi connectivity index (χ1n) is 7.46. The molecule has 5 rings (SSSR count). The third kappa shape index (κ3) is 1.29. The van der Waals surface area contributed by atoms with Crippen LogP contribution in [-0.2, 0) is 0 Å². The lowest BCUT2D eigenvalue weighted by Gasteiger charge is -2.28. The lowest BCUT2D eigenvalue weighted by molar-refractivity contribution is 0.0822. The molecule has 1 unspecified atom stereocenters. The number of hydrogen-bond acceptors (Lipinski definition) is 1. The van der Waals surface area contributed by atoms with E-state index in [-0.39, 0.29) is 11.9 Å². The second kappa shape index (κ2) is 3.89. The molecule has 1 aromatic heterocycles. The summed E-state index contributed by atoms with van der Waals surface area (Å²) in [6.07, 6.45) is 1.98. The predicted octanol–water partition coefficient (Wildman–Crippen LogP) is 4.09. The molecule has 3 nitrogen and oxygen atoms in total. The van der Waals surface area contributed by atoms with Crippen molar-refractivity contribution in [2.45, 2.75) is 13.0 Å². The number of amides is 1. The van der Waals surface area contributed by atoms with Crippen LogP contribution < -0.4 is 0 Å². The molecule has 2 aromatic carbocycles. The van der Waals surface area contributed by atoms with Crippen molar-refractivity contribution in [2.24, 2.45) is 0 Å². The van der Waals surface area contributed by atoms with Gasteiger partial charge in [0.1, 0.15) is 0 Å². The summed E-state index contributed by atoms with van der Waals surface area (Å²) in [4.78, 5) is 18.1. The Hall–Kier alpha value is -2.81. The van der Waals surface area contributed by atoms with Gasteiger partial charge in [0.15, 0.2) is 0 Å². The van der Waals surface area contributed by atoms with E-state index in [2.05, 4.69) is 36.2 Å². The zero-order valence-corrected chi connectivity index (χ0v) is 12.1. The Morgan fingerprint density at radius 2 is 1.82 bits per heavy atom. The number of hydrogen-bond donors (Lipinski definition) is 1. The highest BCUT2D eigenvalue weighted by Gasteiger charge is 2.41. The van der Waals surface area contributed by atoms with Crippen molar-refractivity contribution < 1.29 is 4.79 Å². The van der Waals surface area contributed by atoms with Crippen molar-refractivity contribution in [3.05, 3.63) is 77.1 Å². The molecule has 0 saturated carbocycles. The van der Waals surface area contributed by atoms with Crippen LogP contribution in [0.2, 0.25) is 0 Å². The van der Waals surface area contributed by atoms with Crippen LogP contribution >= 0.6 is 0 Å². The standard InChI is InChI=1S/C19H14N2O/c1-11-10-21-18(12-6-2-3-7-13(12)19(21)22)16-14-8-4-5-9-15(14)20-17(11)16/h2-10,18,20H,1H3. The molecule has 0 radical (unpaired) electrons. The summed E-state index contributed by atoms with van der Waals surface area (Å²) < 4.78 is 0. The second-order valence-electron chi connectivity index (χ2n) is 5.97. The van der Waals surface area contributed by atoms with Crippen molar-refractivity contribution in [3.8, 4) is 0 Å². The van der Waals surface area contributed by atoms with E-state index in [1.54, 1.807) is 0 Å². The van der Waals surface area contributed by atoms with E-state index in [1.165, 1.54) is 10.9 Å². The quantitative estimate of drug-likeness (QED) is 0.664. The summed E-state index contributed by atoms with van der Waals surface area (Å²) in [6.45, 7) is 2.06. The molecule has 2 aliphatic heterocycles. The van der Waals surface area contributed by atoms with Gasteiger partial charge in [-0.25, -0.2) is 0 Å². The maximum Gasteiger partial charge on any atom is 0.259 e. The maximum atomic E-state index is 12.7. The first kappa shape index (κ1) is 11.8. The molecule has 1 N–H and O–H groups in total. The Morgan fingerprint density at radius 3 is 2.73 bits per heavy atom. The van der Waals surface area contributed by atoms with Crippen LogP contribution in [0.1, 0.15) is 40.1 Å². The van der Waals surface area contributed by atoms with Crippen LogP contribution in [0.15, 0.2) is 54.7 Å². The van der Waals surface area contributed by atoms with Crippen LogP contribution in [0.4, 0.5) is 0 Å². The lowest BCUT2D eigenvalue weighted by Crippen LogP contribution is -2.26. The highest BCUT2D eigenvalue weighted by atomic mass is 16.2. The number of rotatable bonds is 0. The number of carbonyl (C=O) groups is 1. The molecule has 1 amide bonds. The molecule has 0 spiro atoms. The van der Waals surface area contributed by atoms with E-state index in [1.807, 2.05) is 35.4 Å². The molecule has 106 valence electrons. The Morgan fingerprint density at radius 1 is 1.05 bits per heavy atom.